The molecule has 0 bridgehead atoms. The largest absolute Gasteiger partial charge is 0.481 e. The zero-order valence-corrected chi connectivity index (χ0v) is 10.6. The van der Waals surface area contributed by atoms with Crippen molar-refractivity contribution in [1.29, 1.82) is 0 Å². The summed E-state index contributed by atoms with van der Waals surface area (Å²) in [5.74, 6) is -1.11. The molecule has 0 saturated carbocycles. The highest BCUT2D eigenvalue weighted by Crippen LogP contribution is 2.25. The lowest BCUT2D eigenvalue weighted by atomic mass is 9.94. The van der Waals surface area contributed by atoms with Gasteiger partial charge in [0, 0.05) is 0 Å². The summed E-state index contributed by atoms with van der Waals surface area (Å²) in [6, 6.07) is 14.0. The monoisotopic (exact) mass is 258 g/mol. The van der Waals surface area contributed by atoms with E-state index in [1.807, 2.05) is 31.2 Å². The minimum Gasteiger partial charge on any atom is -0.481 e. The fourth-order valence-corrected chi connectivity index (χ4v) is 2.05. The van der Waals surface area contributed by atoms with Crippen LogP contribution in [0.3, 0.4) is 0 Å². The van der Waals surface area contributed by atoms with Crippen LogP contribution in [-0.4, -0.2) is 11.1 Å². The number of carboxylic acids is 1. The molecule has 0 radical (unpaired) electrons. The van der Waals surface area contributed by atoms with Crippen LogP contribution >= 0.6 is 0 Å². The topological polar surface area (TPSA) is 37.3 Å². The lowest BCUT2D eigenvalue weighted by molar-refractivity contribution is -0.137. The molecule has 0 heterocycles. The van der Waals surface area contributed by atoms with Crippen molar-refractivity contribution in [2.75, 3.05) is 0 Å². The van der Waals surface area contributed by atoms with Crippen molar-refractivity contribution in [2.45, 2.75) is 19.3 Å². The van der Waals surface area contributed by atoms with Gasteiger partial charge in [-0.05, 0) is 34.7 Å². The SMILES string of the molecule is CC(CC(=O)O)c1cccc(-c2ccc(F)cc2)c1. The highest BCUT2D eigenvalue weighted by atomic mass is 19.1. The highest BCUT2D eigenvalue weighted by Gasteiger charge is 2.10. The molecule has 0 aliphatic rings. The summed E-state index contributed by atoms with van der Waals surface area (Å²) >= 11 is 0. The van der Waals surface area contributed by atoms with E-state index >= 15 is 0 Å². The summed E-state index contributed by atoms with van der Waals surface area (Å²) in [5.41, 5.74) is 2.87. The summed E-state index contributed by atoms with van der Waals surface area (Å²) < 4.78 is 12.9. The van der Waals surface area contributed by atoms with Crippen LogP contribution in [-0.2, 0) is 4.79 Å². The van der Waals surface area contributed by atoms with Gasteiger partial charge in [-0.25, -0.2) is 4.39 Å². The van der Waals surface area contributed by atoms with Crippen LogP contribution in [0.5, 0.6) is 0 Å². The maximum absolute atomic E-state index is 12.9. The summed E-state index contributed by atoms with van der Waals surface area (Å²) in [7, 11) is 0. The summed E-state index contributed by atoms with van der Waals surface area (Å²) in [6.07, 6.45) is 0.104. The Labute approximate surface area is 111 Å². The van der Waals surface area contributed by atoms with Gasteiger partial charge in [-0.3, -0.25) is 4.79 Å². The van der Waals surface area contributed by atoms with E-state index in [9.17, 15) is 9.18 Å². The first-order valence-electron chi connectivity index (χ1n) is 6.14. The Hall–Kier alpha value is -2.16. The maximum atomic E-state index is 12.9. The Morgan fingerprint density at radius 2 is 1.84 bits per heavy atom. The van der Waals surface area contributed by atoms with Crippen LogP contribution < -0.4 is 0 Å². The summed E-state index contributed by atoms with van der Waals surface area (Å²) in [4.78, 5) is 10.7. The lowest BCUT2D eigenvalue weighted by Crippen LogP contribution is -2.02. The van der Waals surface area contributed by atoms with Crippen LogP contribution in [0.15, 0.2) is 48.5 Å². The van der Waals surface area contributed by atoms with Gasteiger partial charge in [-0.1, -0.05) is 43.3 Å². The Morgan fingerprint density at radius 1 is 1.16 bits per heavy atom. The lowest BCUT2D eigenvalue weighted by Gasteiger charge is -2.11. The van der Waals surface area contributed by atoms with Crippen molar-refractivity contribution in [2.24, 2.45) is 0 Å². The smallest absolute Gasteiger partial charge is 0.303 e. The fraction of sp³-hybridized carbons (Fsp3) is 0.188. The van der Waals surface area contributed by atoms with Gasteiger partial charge >= 0.3 is 5.97 Å². The van der Waals surface area contributed by atoms with Crippen molar-refractivity contribution in [3.05, 3.63) is 59.9 Å². The molecule has 0 aliphatic carbocycles. The van der Waals surface area contributed by atoms with Gasteiger partial charge in [0.05, 0.1) is 6.42 Å². The minimum atomic E-state index is -0.806. The van der Waals surface area contributed by atoms with Gasteiger partial charge in [0.25, 0.3) is 0 Å². The average molecular weight is 258 g/mol. The van der Waals surface area contributed by atoms with E-state index in [-0.39, 0.29) is 18.2 Å². The van der Waals surface area contributed by atoms with E-state index in [2.05, 4.69) is 0 Å². The normalized spacial score (nSPS) is 12.1. The number of carboxylic acid groups (broad SMARTS) is 1. The van der Waals surface area contributed by atoms with E-state index in [0.29, 0.717) is 0 Å². The van der Waals surface area contributed by atoms with Crippen LogP contribution in [0.2, 0.25) is 0 Å². The first kappa shape index (κ1) is 13.3. The number of carbonyl (C=O) groups is 1. The number of rotatable bonds is 4. The molecule has 2 nitrogen and oxygen atoms in total. The quantitative estimate of drug-likeness (QED) is 0.897. The molecule has 0 fully saturated rings. The highest BCUT2D eigenvalue weighted by molar-refractivity contribution is 5.69. The van der Waals surface area contributed by atoms with E-state index in [0.717, 1.165) is 16.7 Å². The summed E-state index contributed by atoms with van der Waals surface area (Å²) in [5, 5.41) is 8.82. The maximum Gasteiger partial charge on any atom is 0.303 e. The third-order valence-electron chi connectivity index (χ3n) is 3.11. The molecule has 0 saturated heterocycles. The van der Waals surface area contributed by atoms with E-state index in [4.69, 9.17) is 5.11 Å². The summed E-state index contributed by atoms with van der Waals surface area (Å²) in [6.45, 7) is 1.89. The van der Waals surface area contributed by atoms with Gasteiger partial charge in [0.15, 0.2) is 0 Å². The molecule has 1 unspecified atom stereocenters. The van der Waals surface area contributed by atoms with Crippen LogP contribution in [0, 0.1) is 5.82 Å². The molecule has 0 amide bonds. The number of hydrogen-bond donors (Lipinski definition) is 1. The van der Waals surface area contributed by atoms with Crippen LogP contribution in [0.4, 0.5) is 4.39 Å². The minimum absolute atomic E-state index is 0.0436. The Morgan fingerprint density at radius 3 is 2.47 bits per heavy atom. The zero-order chi connectivity index (χ0) is 13.8. The molecule has 0 aromatic heterocycles. The molecule has 3 heteroatoms. The molecule has 2 aromatic rings. The van der Waals surface area contributed by atoms with Gasteiger partial charge < -0.3 is 5.11 Å². The molecule has 0 spiro atoms. The number of benzene rings is 2. The molecule has 19 heavy (non-hydrogen) atoms. The van der Waals surface area contributed by atoms with E-state index in [1.54, 1.807) is 12.1 Å². The van der Waals surface area contributed by atoms with Crippen molar-refractivity contribution in [3.8, 4) is 11.1 Å². The van der Waals surface area contributed by atoms with Crippen molar-refractivity contribution < 1.29 is 14.3 Å². The van der Waals surface area contributed by atoms with Gasteiger partial charge in [-0.15, -0.1) is 0 Å². The average Bonchev–Trinajstić information content (AvgIpc) is 2.39. The number of halogens is 1. The van der Waals surface area contributed by atoms with Crippen molar-refractivity contribution >= 4 is 5.97 Å². The van der Waals surface area contributed by atoms with Crippen LogP contribution in [0.25, 0.3) is 11.1 Å². The van der Waals surface area contributed by atoms with E-state index < -0.39 is 5.97 Å². The second kappa shape index (κ2) is 5.65. The molecular weight excluding hydrogens is 243 g/mol. The molecule has 1 N–H and O–H groups in total. The predicted octanol–water partition coefficient (Wildman–Crippen LogP) is 4.07. The van der Waals surface area contributed by atoms with Gasteiger partial charge in [0.1, 0.15) is 5.82 Å². The molecule has 1 atom stereocenters. The number of hydrogen-bond acceptors (Lipinski definition) is 1. The molecule has 98 valence electrons. The zero-order valence-electron chi connectivity index (χ0n) is 10.6. The Balaban J connectivity index is 2.28. The molecular formula is C16H15FO2. The third kappa shape index (κ3) is 3.41. The second-order valence-electron chi connectivity index (χ2n) is 4.63. The second-order valence-corrected chi connectivity index (χ2v) is 4.63. The first-order valence-corrected chi connectivity index (χ1v) is 6.14. The van der Waals surface area contributed by atoms with E-state index in [1.165, 1.54) is 12.1 Å². The van der Waals surface area contributed by atoms with Crippen molar-refractivity contribution in [1.82, 2.24) is 0 Å². The molecule has 2 aromatic carbocycles. The van der Waals surface area contributed by atoms with Crippen LogP contribution in [0.1, 0.15) is 24.8 Å². The predicted molar refractivity (Wildman–Crippen MR) is 72.5 cm³/mol. The van der Waals surface area contributed by atoms with Gasteiger partial charge in [-0.2, -0.15) is 0 Å². The number of aliphatic carboxylic acids is 1. The fourth-order valence-electron chi connectivity index (χ4n) is 2.05. The van der Waals surface area contributed by atoms with Crippen molar-refractivity contribution in [3.63, 3.8) is 0 Å². The molecule has 2 rings (SSSR count). The molecule has 0 aliphatic heterocycles. The standard InChI is InChI=1S/C16H15FO2/c1-11(9-16(18)19)13-3-2-4-14(10-13)12-5-7-15(17)8-6-12/h2-8,10-11H,9H2,1H3,(H,18,19). The Bertz CT molecular complexity index is 576. The third-order valence-corrected chi connectivity index (χ3v) is 3.11. The Kier molecular flexibility index (Phi) is 3.95. The van der Waals surface area contributed by atoms with Gasteiger partial charge in [0.2, 0.25) is 0 Å². The first-order chi connectivity index (χ1) is 9.06.